The second kappa shape index (κ2) is 7.43. The van der Waals surface area contributed by atoms with E-state index in [-0.39, 0.29) is 6.04 Å². The van der Waals surface area contributed by atoms with Crippen LogP contribution in [0.2, 0.25) is 0 Å². The zero-order valence-corrected chi connectivity index (χ0v) is 14.0. The topological polar surface area (TPSA) is 43.4 Å². The number of hydrogen-bond acceptors (Lipinski definition) is 4. The molecule has 1 aromatic heterocycles. The fourth-order valence-corrected chi connectivity index (χ4v) is 2.43. The Morgan fingerprint density at radius 1 is 1.14 bits per heavy atom. The molecule has 1 unspecified atom stereocenters. The highest BCUT2D eigenvalue weighted by atomic mass is 79.9. The van der Waals surface area contributed by atoms with Gasteiger partial charge in [-0.3, -0.25) is 4.98 Å². The molecule has 0 amide bonds. The van der Waals surface area contributed by atoms with Crippen molar-refractivity contribution in [1.82, 2.24) is 10.3 Å². The molecule has 21 heavy (non-hydrogen) atoms. The van der Waals surface area contributed by atoms with Crippen LogP contribution in [0, 0.1) is 0 Å². The van der Waals surface area contributed by atoms with Crippen molar-refractivity contribution in [3.05, 3.63) is 52.3 Å². The normalized spacial score (nSPS) is 12.0. The van der Waals surface area contributed by atoms with Gasteiger partial charge in [0.05, 0.1) is 14.2 Å². The zero-order valence-electron chi connectivity index (χ0n) is 12.4. The molecule has 0 fully saturated rings. The molecule has 1 atom stereocenters. The summed E-state index contributed by atoms with van der Waals surface area (Å²) >= 11 is 3.40. The first-order chi connectivity index (χ1) is 10.2. The van der Waals surface area contributed by atoms with Gasteiger partial charge in [0.15, 0.2) is 11.5 Å². The molecule has 1 heterocycles. The van der Waals surface area contributed by atoms with Crippen molar-refractivity contribution < 1.29 is 9.47 Å². The van der Waals surface area contributed by atoms with Crippen LogP contribution in [-0.4, -0.2) is 26.3 Å². The van der Waals surface area contributed by atoms with Crippen LogP contribution in [0.1, 0.15) is 17.3 Å². The summed E-state index contributed by atoms with van der Waals surface area (Å²) in [5.41, 5.74) is 2.17. The largest absolute Gasteiger partial charge is 0.493 e. The van der Waals surface area contributed by atoms with Crippen LogP contribution in [0.3, 0.4) is 0 Å². The Kier molecular flexibility index (Phi) is 5.59. The van der Waals surface area contributed by atoms with Crippen molar-refractivity contribution in [3.8, 4) is 11.5 Å². The van der Waals surface area contributed by atoms with Gasteiger partial charge in [-0.1, -0.05) is 6.07 Å². The highest BCUT2D eigenvalue weighted by molar-refractivity contribution is 9.10. The molecule has 0 spiro atoms. The maximum atomic E-state index is 5.36. The third-order valence-corrected chi connectivity index (χ3v) is 3.83. The maximum Gasteiger partial charge on any atom is 0.161 e. The van der Waals surface area contributed by atoms with Gasteiger partial charge in [-0.25, -0.2) is 0 Å². The standard InChI is InChI=1S/C16H19BrN2O2/c1-18-14(9-13-6-5-12(17)10-19-13)11-4-7-15(20-2)16(8-11)21-3/h4-8,10,14,18H,9H2,1-3H3. The summed E-state index contributed by atoms with van der Waals surface area (Å²) in [6, 6.07) is 10.2. The smallest absolute Gasteiger partial charge is 0.161 e. The van der Waals surface area contributed by atoms with Crippen molar-refractivity contribution in [2.24, 2.45) is 0 Å². The Hall–Kier alpha value is -1.59. The number of nitrogens with zero attached hydrogens (tertiary/aromatic N) is 1. The molecule has 2 rings (SSSR count). The minimum absolute atomic E-state index is 0.165. The molecule has 4 nitrogen and oxygen atoms in total. The number of halogens is 1. The van der Waals surface area contributed by atoms with Gasteiger partial charge in [0.1, 0.15) is 0 Å². The second-order valence-corrected chi connectivity index (χ2v) is 5.54. The molecule has 0 radical (unpaired) electrons. The van der Waals surface area contributed by atoms with E-state index in [0.29, 0.717) is 0 Å². The van der Waals surface area contributed by atoms with E-state index in [1.807, 2.05) is 43.6 Å². The molecule has 0 bridgehead atoms. The lowest BCUT2D eigenvalue weighted by atomic mass is 10.0. The molecule has 0 aliphatic carbocycles. The molecular formula is C16H19BrN2O2. The van der Waals surface area contributed by atoms with Crippen LogP contribution in [-0.2, 0) is 6.42 Å². The predicted molar refractivity (Wildman–Crippen MR) is 87.0 cm³/mol. The summed E-state index contributed by atoms with van der Waals surface area (Å²) < 4.78 is 11.6. The quantitative estimate of drug-likeness (QED) is 0.867. The summed E-state index contributed by atoms with van der Waals surface area (Å²) in [4.78, 5) is 4.43. The summed E-state index contributed by atoms with van der Waals surface area (Å²) in [7, 11) is 5.23. The predicted octanol–water partition coefficient (Wildman–Crippen LogP) is 3.36. The third-order valence-electron chi connectivity index (χ3n) is 3.36. The van der Waals surface area contributed by atoms with E-state index >= 15 is 0 Å². The summed E-state index contributed by atoms with van der Waals surface area (Å²) in [6.45, 7) is 0. The van der Waals surface area contributed by atoms with Crippen molar-refractivity contribution >= 4 is 15.9 Å². The molecule has 112 valence electrons. The number of nitrogens with one attached hydrogen (secondary N) is 1. The van der Waals surface area contributed by atoms with E-state index in [2.05, 4.69) is 26.2 Å². The number of ether oxygens (including phenoxy) is 2. The Labute approximate surface area is 133 Å². The second-order valence-electron chi connectivity index (χ2n) is 4.63. The van der Waals surface area contributed by atoms with Crippen LogP contribution in [0.25, 0.3) is 0 Å². The first-order valence-electron chi connectivity index (χ1n) is 6.67. The van der Waals surface area contributed by atoms with E-state index in [9.17, 15) is 0 Å². The number of likely N-dealkylation sites (N-methyl/N-ethyl adjacent to an activating group) is 1. The molecule has 0 aliphatic rings. The Morgan fingerprint density at radius 3 is 2.48 bits per heavy atom. The van der Waals surface area contributed by atoms with Crippen LogP contribution >= 0.6 is 15.9 Å². The van der Waals surface area contributed by atoms with E-state index in [0.717, 1.165) is 33.6 Å². The van der Waals surface area contributed by atoms with Crippen LogP contribution in [0.15, 0.2) is 41.0 Å². The van der Waals surface area contributed by atoms with Crippen LogP contribution in [0.4, 0.5) is 0 Å². The molecule has 0 saturated heterocycles. The molecule has 1 aromatic carbocycles. The summed E-state index contributed by atoms with van der Waals surface area (Å²) in [6.07, 6.45) is 2.62. The number of methoxy groups -OCH3 is 2. The first-order valence-corrected chi connectivity index (χ1v) is 7.47. The molecule has 5 heteroatoms. The van der Waals surface area contributed by atoms with Crippen LogP contribution < -0.4 is 14.8 Å². The minimum Gasteiger partial charge on any atom is -0.493 e. The fourth-order valence-electron chi connectivity index (χ4n) is 2.19. The highest BCUT2D eigenvalue weighted by Gasteiger charge is 2.14. The van der Waals surface area contributed by atoms with Crippen molar-refractivity contribution in [2.75, 3.05) is 21.3 Å². The third kappa shape index (κ3) is 3.95. The first kappa shape index (κ1) is 15.8. The maximum absolute atomic E-state index is 5.36. The van der Waals surface area contributed by atoms with E-state index < -0.39 is 0 Å². The summed E-state index contributed by atoms with van der Waals surface area (Å²) in [5, 5.41) is 3.32. The molecule has 1 N–H and O–H groups in total. The van der Waals surface area contributed by atoms with Gasteiger partial charge in [-0.15, -0.1) is 0 Å². The number of benzene rings is 1. The Morgan fingerprint density at radius 2 is 1.90 bits per heavy atom. The molecule has 0 saturated carbocycles. The number of aromatic nitrogens is 1. The summed E-state index contributed by atoms with van der Waals surface area (Å²) in [5.74, 6) is 1.47. The van der Waals surface area contributed by atoms with Gasteiger partial charge in [0.25, 0.3) is 0 Å². The van der Waals surface area contributed by atoms with E-state index in [1.165, 1.54) is 0 Å². The van der Waals surface area contributed by atoms with Gasteiger partial charge in [0.2, 0.25) is 0 Å². The Balaban J connectivity index is 2.22. The SMILES string of the molecule is CNC(Cc1ccc(Br)cn1)c1ccc(OC)c(OC)c1. The monoisotopic (exact) mass is 350 g/mol. The van der Waals surface area contributed by atoms with Crippen molar-refractivity contribution in [1.29, 1.82) is 0 Å². The zero-order chi connectivity index (χ0) is 15.2. The van der Waals surface area contributed by atoms with Gasteiger partial charge in [-0.05, 0) is 52.8 Å². The van der Waals surface area contributed by atoms with Gasteiger partial charge in [0, 0.05) is 28.8 Å². The molecule has 2 aromatic rings. The Bertz CT molecular complexity index is 587. The molecular weight excluding hydrogens is 332 g/mol. The highest BCUT2D eigenvalue weighted by Crippen LogP contribution is 2.30. The van der Waals surface area contributed by atoms with Crippen LogP contribution in [0.5, 0.6) is 11.5 Å². The van der Waals surface area contributed by atoms with Crippen molar-refractivity contribution in [3.63, 3.8) is 0 Å². The lowest BCUT2D eigenvalue weighted by Crippen LogP contribution is -2.19. The van der Waals surface area contributed by atoms with E-state index in [4.69, 9.17) is 9.47 Å². The average molecular weight is 351 g/mol. The lowest BCUT2D eigenvalue weighted by molar-refractivity contribution is 0.354. The fraction of sp³-hybridized carbons (Fsp3) is 0.312. The number of rotatable bonds is 6. The number of hydrogen-bond donors (Lipinski definition) is 1. The van der Waals surface area contributed by atoms with Gasteiger partial charge in [-0.2, -0.15) is 0 Å². The van der Waals surface area contributed by atoms with Gasteiger partial charge >= 0.3 is 0 Å². The van der Waals surface area contributed by atoms with E-state index in [1.54, 1.807) is 14.2 Å². The van der Waals surface area contributed by atoms with Gasteiger partial charge < -0.3 is 14.8 Å². The molecule has 0 aliphatic heterocycles. The minimum atomic E-state index is 0.165. The lowest BCUT2D eigenvalue weighted by Gasteiger charge is -2.18. The average Bonchev–Trinajstić information content (AvgIpc) is 2.53. The van der Waals surface area contributed by atoms with Crippen molar-refractivity contribution in [2.45, 2.75) is 12.5 Å². The number of pyridine rings is 1.